The topological polar surface area (TPSA) is 57.8 Å². The van der Waals surface area contributed by atoms with Crippen LogP contribution in [0.15, 0.2) is 18.3 Å². The standard InChI is InChI=1S/C14H16ClN5O/c1-4-9-11(8-19(2)18-9)20-12(7-15)16-10-5-6-13(21-3)17-14(10)20/h5-6,8H,4,7H2,1-3H3. The molecule has 110 valence electrons. The Hall–Kier alpha value is -2.08. The van der Waals surface area contributed by atoms with Gasteiger partial charge < -0.3 is 4.74 Å². The van der Waals surface area contributed by atoms with Crippen molar-refractivity contribution >= 4 is 22.8 Å². The molecule has 0 unspecified atom stereocenters. The monoisotopic (exact) mass is 305 g/mol. The minimum atomic E-state index is 0.302. The lowest BCUT2D eigenvalue weighted by molar-refractivity contribution is 0.399. The Morgan fingerprint density at radius 3 is 2.76 bits per heavy atom. The number of ether oxygens (including phenoxy) is 1. The number of imidazole rings is 1. The molecule has 3 rings (SSSR count). The molecule has 0 radical (unpaired) electrons. The Bertz CT molecular complexity index is 792. The van der Waals surface area contributed by atoms with Crippen molar-refractivity contribution in [2.45, 2.75) is 19.2 Å². The zero-order valence-electron chi connectivity index (χ0n) is 12.2. The van der Waals surface area contributed by atoms with Crippen molar-refractivity contribution in [1.82, 2.24) is 24.3 Å². The number of pyridine rings is 1. The average molecular weight is 306 g/mol. The van der Waals surface area contributed by atoms with E-state index in [2.05, 4.69) is 22.0 Å². The second-order valence-electron chi connectivity index (χ2n) is 4.68. The first kappa shape index (κ1) is 13.9. The minimum Gasteiger partial charge on any atom is -0.481 e. The van der Waals surface area contributed by atoms with Gasteiger partial charge in [-0.1, -0.05) is 6.92 Å². The van der Waals surface area contributed by atoms with Crippen LogP contribution in [-0.2, 0) is 19.3 Å². The molecule has 0 amide bonds. The Kier molecular flexibility index (Phi) is 3.55. The first-order valence-corrected chi connectivity index (χ1v) is 7.22. The molecule has 0 aliphatic heterocycles. The average Bonchev–Trinajstić information content (AvgIpc) is 3.05. The summed E-state index contributed by atoms with van der Waals surface area (Å²) in [6, 6.07) is 3.68. The molecule has 0 fully saturated rings. The summed E-state index contributed by atoms with van der Waals surface area (Å²) in [7, 11) is 3.50. The van der Waals surface area contributed by atoms with Gasteiger partial charge in [-0.3, -0.25) is 9.25 Å². The number of hydrogen-bond donors (Lipinski definition) is 0. The number of fused-ring (bicyclic) bond motifs is 1. The van der Waals surface area contributed by atoms with Crippen molar-refractivity contribution in [1.29, 1.82) is 0 Å². The molecule has 0 N–H and O–H groups in total. The van der Waals surface area contributed by atoms with Crippen LogP contribution in [0, 0.1) is 0 Å². The third kappa shape index (κ3) is 2.25. The summed E-state index contributed by atoms with van der Waals surface area (Å²) in [6.45, 7) is 2.07. The molecule has 0 atom stereocenters. The van der Waals surface area contributed by atoms with Crippen molar-refractivity contribution in [3.63, 3.8) is 0 Å². The fourth-order valence-corrected chi connectivity index (χ4v) is 2.58. The van der Waals surface area contributed by atoms with Crippen molar-refractivity contribution in [3.05, 3.63) is 29.8 Å². The van der Waals surface area contributed by atoms with Gasteiger partial charge >= 0.3 is 0 Å². The molecule has 0 spiro atoms. The predicted octanol–water partition coefficient (Wildman–Crippen LogP) is 2.46. The predicted molar refractivity (Wildman–Crippen MR) is 81.1 cm³/mol. The maximum atomic E-state index is 6.06. The molecular formula is C14H16ClN5O. The van der Waals surface area contributed by atoms with Gasteiger partial charge in [0.25, 0.3) is 0 Å². The van der Waals surface area contributed by atoms with E-state index in [9.17, 15) is 0 Å². The zero-order chi connectivity index (χ0) is 15.0. The highest BCUT2D eigenvalue weighted by atomic mass is 35.5. The molecule has 0 aliphatic rings. The first-order valence-electron chi connectivity index (χ1n) is 6.69. The van der Waals surface area contributed by atoms with Crippen molar-refractivity contribution in [2.24, 2.45) is 7.05 Å². The maximum absolute atomic E-state index is 6.06. The summed E-state index contributed by atoms with van der Waals surface area (Å²) < 4.78 is 8.96. The van der Waals surface area contributed by atoms with Crippen LogP contribution in [0.1, 0.15) is 18.4 Å². The van der Waals surface area contributed by atoms with Gasteiger partial charge in [-0.25, -0.2) is 4.98 Å². The minimum absolute atomic E-state index is 0.302. The molecule has 3 heterocycles. The molecule has 6 nitrogen and oxygen atoms in total. The molecular weight excluding hydrogens is 290 g/mol. The fraction of sp³-hybridized carbons (Fsp3) is 0.357. The van der Waals surface area contributed by atoms with Crippen LogP contribution in [-0.4, -0.2) is 31.4 Å². The molecule has 3 aromatic rings. The van der Waals surface area contributed by atoms with Crippen molar-refractivity contribution < 1.29 is 4.74 Å². The number of hydrogen-bond acceptors (Lipinski definition) is 4. The van der Waals surface area contributed by atoms with Crippen LogP contribution in [0.3, 0.4) is 0 Å². The van der Waals surface area contributed by atoms with Gasteiger partial charge in [0, 0.05) is 19.3 Å². The molecule has 7 heteroatoms. The lowest BCUT2D eigenvalue weighted by atomic mass is 10.3. The normalized spacial score (nSPS) is 11.2. The van der Waals surface area contributed by atoms with Gasteiger partial charge in [-0.2, -0.15) is 10.1 Å². The zero-order valence-corrected chi connectivity index (χ0v) is 12.9. The Balaban J connectivity index is 2.33. The molecule has 0 aromatic carbocycles. The number of methoxy groups -OCH3 is 1. The van der Waals surface area contributed by atoms with Crippen LogP contribution in [0.5, 0.6) is 5.88 Å². The van der Waals surface area contributed by atoms with Crippen LogP contribution < -0.4 is 4.74 Å². The maximum Gasteiger partial charge on any atom is 0.215 e. The van der Waals surface area contributed by atoms with E-state index in [0.717, 1.165) is 34.8 Å². The van der Waals surface area contributed by atoms with Crippen molar-refractivity contribution in [2.75, 3.05) is 7.11 Å². The molecule has 0 aliphatic carbocycles. The quantitative estimate of drug-likeness (QED) is 0.695. The highest BCUT2D eigenvalue weighted by Gasteiger charge is 2.18. The summed E-state index contributed by atoms with van der Waals surface area (Å²) in [6.07, 6.45) is 2.78. The molecule has 21 heavy (non-hydrogen) atoms. The van der Waals surface area contributed by atoms with Gasteiger partial charge in [0.05, 0.1) is 24.4 Å². The van der Waals surface area contributed by atoms with E-state index in [1.807, 2.05) is 23.9 Å². The smallest absolute Gasteiger partial charge is 0.215 e. The van der Waals surface area contributed by atoms with E-state index >= 15 is 0 Å². The number of aromatic nitrogens is 5. The fourth-order valence-electron chi connectivity index (χ4n) is 2.40. The van der Waals surface area contributed by atoms with Gasteiger partial charge in [0.2, 0.25) is 5.88 Å². The summed E-state index contributed by atoms with van der Waals surface area (Å²) in [5.74, 6) is 1.60. The molecule has 0 saturated carbocycles. The van der Waals surface area contributed by atoms with Gasteiger partial charge in [-0.15, -0.1) is 11.6 Å². The summed E-state index contributed by atoms with van der Waals surface area (Å²) in [5, 5.41) is 4.48. The number of halogens is 1. The summed E-state index contributed by atoms with van der Waals surface area (Å²) in [4.78, 5) is 9.05. The van der Waals surface area contributed by atoms with Gasteiger partial charge in [0.1, 0.15) is 11.3 Å². The Labute approximate surface area is 127 Å². The Morgan fingerprint density at radius 2 is 2.10 bits per heavy atom. The number of aryl methyl sites for hydroxylation is 2. The molecule has 0 bridgehead atoms. The number of alkyl halides is 1. The Morgan fingerprint density at radius 1 is 1.29 bits per heavy atom. The van der Waals surface area contributed by atoms with E-state index < -0.39 is 0 Å². The van der Waals surface area contributed by atoms with Crippen LogP contribution in [0.25, 0.3) is 16.9 Å². The lowest BCUT2D eigenvalue weighted by Crippen LogP contribution is -2.02. The third-order valence-electron chi connectivity index (χ3n) is 3.34. The second kappa shape index (κ2) is 5.37. The summed E-state index contributed by atoms with van der Waals surface area (Å²) >= 11 is 6.06. The molecule has 0 saturated heterocycles. The SMILES string of the molecule is CCc1nn(C)cc1-n1c(CCl)nc2ccc(OC)nc21. The highest BCUT2D eigenvalue weighted by molar-refractivity contribution is 6.16. The van der Waals surface area contributed by atoms with Gasteiger partial charge in [-0.05, 0) is 12.5 Å². The van der Waals surface area contributed by atoms with E-state index in [1.54, 1.807) is 17.9 Å². The van der Waals surface area contributed by atoms with Crippen LogP contribution in [0.4, 0.5) is 0 Å². The second-order valence-corrected chi connectivity index (χ2v) is 4.95. The highest BCUT2D eigenvalue weighted by Crippen LogP contribution is 2.25. The number of nitrogens with zero attached hydrogens (tertiary/aromatic N) is 5. The van der Waals surface area contributed by atoms with E-state index in [4.69, 9.17) is 16.3 Å². The largest absolute Gasteiger partial charge is 0.481 e. The van der Waals surface area contributed by atoms with E-state index in [0.29, 0.717) is 11.8 Å². The first-order chi connectivity index (χ1) is 10.2. The van der Waals surface area contributed by atoms with E-state index in [-0.39, 0.29) is 0 Å². The van der Waals surface area contributed by atoms with Crippen LogP contribution in [0.2, 0.25) is 0 Å². The van der Waals surface area contributed by atoms with Gasteiger partial charge in [0.15, 0.2) is 5.65 Å². The van der Waals surface area contributed by atoms with Crippen LogP contribution >= 0.6 is 11.6 Å². The number of rotatable bonds is 4. The summed E-state index contributed by atoms with van der Waals surface area (Å²) in [5.41, 5.74) is 3.46. The van der Waals surface area contributed by atoms with E-state index in [1.165, 1.54) is 0 Å². The lowest BCUT2D eigenvalue weighted by Gasteiger charge is -2.06. The molecule has 3 aromatic heterocycles. The van der Waals surface area contributed by atoms with Crippen molar-refractivity contribution in [3.8, 4) is 11.6 Å². The third-order valence-corrected chi connectivity index (χ3v) is 3.58.